The molecule has 0 atom stereocenters. The van der Waals surface area contributed by atoms with Crippen LogP contribution in [0.25, 0.3) is 22.0 Å². The fourth-order valence-electron chi connectivity index (χ4n) is 3.29. The standard InChI is InChI=1S/C20H20FN3O/c1-13-2-7-17-16(12-13)19(21)18(20(22)23-17)14-3-5-15(6-4-14)24-8-10-25-11-9-24/h2-7,12H,8-11H2,1H3,(H2,22,23). The highest BCUT2D eigenvalue weighted by Crippen LogP contribution is 2.33. The topological polar surface area (TPSA) is 51.4 Å². The predicted molar refractivity (Wildman–Crippen MR) is 99.3 cm³/mol. The molecule has 1 aliphatic heterocycles. The van der Waals surface area contributed by atoms with Gasteiger partial charge in [0.05, 0.1) is 24.3 Å². The Morgan fingerprint density at radius 1 is 1.08 bits per heavy atom. The maximum Gasteiger partial charge on any atom is 0.144 e. The monoisotopic (exact) mass is 337 g/mol. The first-order valence-electron chi connectivity index (χ1n) is 8.42. The number of nitrogens with two attached hydrogens (primary N) is 1. The highest BCUT2D eigenvalue weighted by atomic mass is 19.1. The Morgan fingerprint density at radius 3 is 2.52 bits per heavy atom. The molecule has 1 aliphatic rings. The molecule has 2 heterocycles. The van der Waals surface area contributed by atoms with Gasteiger partial charge in [0.1, 0.15) is 11.6 Å². The number of anilines is 2. The van der Waals surface area contributed by atoms with Crippen molar-refractivity contribution >= 4 is 22.4 Å². The van der Waals surface area contributed by atoms with Crippen LogP contribution in [0, 0.1) is 12.7 Å². The summed E-state index contributed by atoms with van der Waals surface area (Å²) in [7, 11) is 0. The van der Waals surface area contributed by atoms with Crippen LogP contribution in [0.3, 0.4) is 0 Å². The number of benzene rings is 2. The maximum atomic E-state index is 15.1. The van der Waals surface area contributed by atoms with E-state index < -0.39 is 0 Å². The van der Waals surface area contributed by atoms with Gasteiger partial charge >= 0.3 is 0 Å². The Bertz CT molecular complexity index is 918. The molecule has 0 bridgehead atoms. The van der Waals surface area contributed by atoms with Gasteiger partial charge in [-0.3, -0.25) is 0 Å². The predicted octanol–water partition coefficient (Wildman–Crippen LogP) is 3.77. The molecule has 4 rings (SSSR count). The number of ether oxygens (including phenoxy) is 1. The summed E-state index contributed by atoms with van der Waals surface area (Å²) >= 11 is 0. The molecule has 2 N–H and O–H groups in total. The van der Waals surface area contributed by atoms with Gasteiger partial charge in [-0.15, -0.1) is 0 Å². The molecule has 1 fully saturated rings. The van der Waals surface area contributed by atoms with Crippen molar-refractivity contribution in [3.8, 4) is 11.1 Å². The van der Waals surface area contributed by atoms with Crippen LogP contribution in [0.5, 0.6) is 0 Å². The maximum absolute atomic E-state index is 15.1. The molecule has 128 valence electrons. The summed E-state index contributed by atoms with van der Waals surface area (Å²) in [5.41, 5.74) is 9.84. The minimum Gasteiger partial charge on any atom is -0.383 e. The molecular formula is C20H20FN3O. The van der Waals surface area contributed by atoms with Crippen LogP contribution >= 0.6 is 0 Å². The number of nitrogens with zero attached hydrogens (tertiary/aromatic N) is 2. The Hall–Kier alpha value is -2.66. The van der Waals surface area contributed by atoms with Crippen molar-refractivity contribution < 1.29 is 9.13 Å². The molecule has 1 saturated heterocycles. The molecule has 1 aromatic heterocycles. The normalized spacial score (nSPS) is 14.9. The lowest BCUT2D eigenvalue weighted by molar-refractivity contribution is 0.122. The smallest absolute Gasteiger partial charge is 0.144 e. The van der Waals surface area contributed by atoms with Gasteiger partial charge in [-0.25, -0.2) is 9.37 Å². The van der Waals surface area contributed by atoms with Crippen molar-refractivity contribution in [1.82, 2.24) is 4.98 Å². The second kappa shape index (κ2) is 6.33. The SMILES string of the molecule is Cc1ccc2nc(N)c(-c3ccc(N4CCOCC4)cc3)c(F)c2c1. The van der Waals surface area contributed by atoms with Crippen molar-refractivity contribution in [1.29, 1.82) is 0 Å². The van der Waals surface area contributed by atoms with Crippen LogP contribution in [-0.2, 0) is 4.74 Å². The summed E-state index contributed by atoms with van der Waals surface area (Å²) in [6, 6.07) is 13.3. The number of morpholine rings is 1. The summed E-state index contributed by atoms with van der Waals surface area (Å²) in [6.07, 6.45) is 0. The van der Waals surface area contributed by atoms with E-state index >= 15 is 4.39 Å². The van der Waals surface area contributed by atoms with Crippen LogP contribution in [0.4, 0.5) is 15.9 Å². The Kier molecular flexibility index (Phi) is 4.01. The summed E-state index contributed by atoms with van der Waals surface area (Å²) in [4.78, 5) is 6.64. The lowest BCUT2D eigenvalue weighted by Gasteiger charge is -2.29. The van der Waals surface area contributed by atoms with Crippen molar-refractivity contribution in [3.63, 3.8) is 0 Å². The van der Waals surface area contributed by atoms with Crippen LogP contribution in [0.15, 0.2) is 42.5 Å². The van der Waals surface area contributed by atoms with Crippen molar-refractivity contribution in [2.24, 2.45) is 0 Å². The molecule has 0 spiro atoms. The van der Waals surface area contributed by atoms with E-state index in [9.17, 15) is 0 Å². The van der Waals surface area contributed by atoms with E-state index in [4.69, 9.17) is 10.5 Å². The highest BCUT2D eigenvalue weighted by molar-refractivity contribution is 5.90. The number of aryl methyl sites for hydroxylation is 1. The lowest BCUT2D eigenvalue weighted by atomic mass is 10.0. The number of aromatic nitrogens is 1. The third-order valence-corrected chi connectivity index (χ3v) is 4.64. The molecule has 0 aliphatic carbocycles. The van der Waals surface area contributed by atoms with Gasteiger partial charge in [-0.2, -0.15) is 0 Å². The second-order valence-corrected chi connectivity index (χ2v) is 6.35. The molecule has 0 amide bonds. The number of hydrogen-bond acceptors (Lipinski definition) is 4. The van der Waals surface area contributed by atoms with E-state index in [-0.39, 0.29) is 11.6 Å². The van der Waals surface area contributed by atoms with Gasteiger partial charge in [0, 0.05) is 24.2 Å². The molecular weight excluding hydrogens is 317 g/mol. The lowest BCUT2D eigenvalue weighted by Crippen LogP contribution is -2.36. The molecule has 5 heteroatoms. The highest BCUT2D eigenvalue weighted by Gasteiger charge is 2.16. The minimum absolute atomic E-state index is 0.216. The summed E-state index contributed by atoms with van der Waals surface area (Å²) in [5, 5.41) is 0.501. The average molecular weight is 337 g/mol. The number of hydrogen-bond donors (Lipinski definition) is 1. The van der Waals surface area contributed by atoms with Gasteiger partial charge in [-0.1, -0.05) is 23.8 Å². The first-order chi connectivity index (χ1) is 12.1. The Labute approximate surface area is 146 Å². The zero-order valence-corrected chi connectivity index (χ0v) is 14.1. The van der Waals surface area contributed by atoms with E-state index in [0.29, 0.717) is 16.5 Å². The summed E-state index contributed by atoms with van der Waals surface area (Å²) in [5.74, 6) is -0.0988. The number of nitrogen functional groups attached to an aromatic ring is 1. The third kappa shape index (κ3) is 2.91. The average Bonchev–Trinajstić information content (AvgIpc) is 2.64. The minimum atomic E-state index is -0.315. The molecule has 3 aromatic rings. The zero-order valence-electron chi connectivity index (χ0n) is 14.1. The quantitative estimate of drug-likeness (QED) is 0.773. The van der Waals surface area contributed by atoms with Crippen LogP contribution in [0.1, 0.15) is 5.56 Å². The number of pyridine rings is 1. The van der Waals surface area contributed by atoms with Gasteiger partial charge in [0.25, 0.3) is 0 Å². The zero-order chi connectivity index (χ0) is 17.4. The first kappa shape index (κ1) is 15.8. The van der Waals surface area contributed by atoms with Gasteiger partial charge in [-0.05, 0) is 36.8 Å². The number of rotatable bonds is 2. The van der Waals surface area contributed by atoms with Gasteiger partial charge < -0.3 is 15.4 Å². The van der Waals surface area contributed by atoms with E-state index in [0.717, 1.165) is 43.1 Å². The van der Waals surface area contributed by atoms with E-state index in [1.807, 2.05) is 43.3 Å². The number of halogens is 1. The third-order valence-electron chi connectivity index (χ3n) is 4.64. The second-order valence-electron chi connectivity index (χ2n) is 6.35. The Morgan fingerprint density at radius 2 is 1.80 bits per heavy atom. The molecule has 4 nitrogen and oxygen atoms in total. The van der Waals surface area contributed by atoms with Gasteiger partial charge in [0.15, 0.2) is 0 Å². The van der Waals surface area contributed by atoms with E-state index in [2.05, 4.69) is 9.88 Å². The fraction of sp³-hybridized carbons (Fsp3) is 0.250. The van der Waals surface area contributed by atoms with Crippen LogP contribution in [-0.4, -0.2) is 31.3 Å². The van der Waals surface area contributed by atoms with Crippen molar-refractivity contribution in [3.05, 3.63) is 53.8 Å². The summed E-state index contributed by atoms with van der Waals surface area (Å²) < 4.78 is 20.5. The summed E-state index contributed by atoms with van der Waals surface area (Å²) in [6.45, 7) is 5.14. The number of fused-ring (bicyclic) bond motifs is 1. The molecule has 0 saturated carbocycles. The van der Waals surface area contributed by atoms with E-state index in [1.165, 1.54) is 0 Å². The molecule has 0 radical (unpaired) electrons. The largest absolute Gasteiger partial charge is 0.383 e. The molecule has 25 heavy (non-hydrogen) atoms. The van der Waals surface area contributed by atoms with Crippen molar-refractivity contribution in [2.75, 3.05) is 36.9 Å². The Balaban J connectivity index is 1.76. The first-order valence-corrected chi connectivity index (χ1v) is 8.42. The van der Waals surface area contributed by atoms with Crippen LogP contribution < -0.4 is 10.6 Å². The molecule has 0 unspecified atom stereocenters. The van der Waals surface area contributed by atoms with Crippen molar-refractivity contribution in [2.45, 2.75) is 6.92 Å². The molecule has 2 aromatic carbocycles. The van der Waals surface area contributed by atoms with E-state index in [1.54, 1.807) is 6.07 Å². The van der Waals surface area contributed by atoms with Gasteiger partial charge in [0.2, 0.25) is 0 Å². The van der Waals surface area contributed by atoms with Crippen LogP contribution in [0.2, 0.25) is 0 Å². The fourth-order valence-corrected chi connectivity index (χ4v) is 3.29.